The first-order valence-corrected chi connectivity index (χ1v) is 5.95. The molecule has 0 heterocycles. The molecule has 110 valence electrons. The van der Waals surface area contributed by atoms with Gasteiger partial charge in [0.25, 0.3) is 0 Å². The summed E-state index contributed by atoms with van der Waals surface area (Å²) in [7, 11) is 0. The molecule has 2 aromatic carbocycles. The van der Waals surface area contributed by atoms with Crippen LogP contribution in [0.25, 0.3) is 11.1 Å². The number of carboxylic acid groups (broad SMARTS) is 1. The zero-order valence-corrected chi connectivity index (χ0v) is 10.6. The summed E-state index contributed by atoms with van der Waals surface area (Å²) in [5.41, 5.74) is -0.386. The molecule has 0 bridgehead atoms. The van der Waals surface area contributed by atoms with Crippen LogP contribution in [0.3, 0.4) is 0 Å². The summed E-state index contributed by atoms with van der Waals surface area (Å²) in [4.78, 5) is 10.7. The monoisotopic (exact) mass is 298 g/mol. The minimum absolute atomic E-state index is 0.322. The van der Waals surface area contributed by atoms with E-state index in [9.17, 15) is 22.4 Å². The predicted molar refractivity (Wildman–Crippen MR) is 68.2 cm³/mol. The van der Waals surface area contributed by atoms with Gasteiger partial charge in [0, 0.05) is 0 Å². The van der Waals surface area contributed by atoms with Gasteiger partial charge in [-0.1, -0.05) is 18.2 Å². The Balaban J connectivity index is 2.50. The normalized spacial score (nSPS) is 11.4. The number of halogens is 4. The highest BCUT2D eigenvalue weighted by atomic mass is 19.4. The smallest absolute Gasteiger partial charge is 0.416 e. The standard InChI is InChI=1S/C15H10F4O2/c16-12-4-1-9(2-5-12)10-3-6-13(15(17,18)19)11(7-10)8-14(20)21/h1-7H,8H2,(H,20,21). The minimum atomic E-state index is -4.62. The number of rotatable bonds is 3. The van der Waals surface area contributed by atoms with E-state index in [1.165, 1.54) is 36.4 Å². The number of aliphatic carboxylic acids is 1. The molecule has 0 amide bonds. The summed E-state index contributed by atoms with van der Waals surface area (Å²) in [5, 5.41) is 8.74. The third-order valence-electron chi connectivity index (χ3n) is 2.93. The first-order chi connectivity index (χ1) is 9.77. The zero-order chi connectivity index (χ0) is 15.6. The van der Waals surface area contributed by atoms with Gasteiger partial charge < -0.3 is 5.11 Å². The van der Waals surface area contributed by atoms with Gasteiger partial charge in [0.2, 0.25) is 0 Å². The molecular formula is C15H10F4O2. The van der Waals surface area contributed by atoms with E-state index in [1.54, 1.807) is 0 Å². The molecular weight excluding hydrogens is 288 g/mol. The molecule has 0 aliphatic carbocycles. The fourth-order valence-electron chi connectivity index (χ4n) is 2.00. The summed E-state index contributed by atoms with van der Waals surface area (Å²) in [5.74, 6) is -1.81. The highest BCUT2D eigenvalue weighted by Gasteiger charge is 2.33. The third-order valence-corrected chi connectivity index (χ3v) is 2.93. The number of hydrogen-bond donors (Lipinski definition) is 1. The molecule has 6 heteroatoms. The Morgan fingerprint density at radius 3 is 2.10 bits per heavy atom. The van der Waals surface area contributed by atoms with Crippen LogP contribution in [0.1, 0.15) is 11.1 Å². The van der Waals surface area contributed by atoms with E-state index < -0.39 is 29.9 Å². The third kappa shape index (κ3) is 3.59. The van der Waals surface area contributed by atoms with E-state index in [1.807, 2.05) is 0 Å². The first-order valence-electron chi connectivity index (χ1n) is 5.95. The van der Waals surface area contributed by atoms with Gasteiger partial charge in [-0.3, -0.25) is 4.79 Å². The molecule has 0 saturated carbocycles. The average Bonchev–Trinajstić information content (AvgIpc) is 2.37. The molecule has 2 rings (SSSR count). The van der Waals surface area contributed by atoms with E-state index in [0.717, 1.165) is 6.07 Å². The van der Waals surface area contributed by atoms with Crippen molar-refractivity contribution in [3.05, 3.63) is 59.4 Å². The largest absolute Gasteiger partial charge is 0.481 e. The number of hydrogen-bond acceptors (Lipinski definition) is 1. The Bertz CT molecular complexity index is 660. The van der Waals surface area contributed by atoms with Crippen molar-refractivity contribution in [2.24, 2.45) is 0 Å². The Hall–Kier alpha value is -2.37. The minimum Gasteiger partial charge on any atom is -0.481 e. The van der Waals surface area contributed by atoms with Crippen molar-refractivity contribution in [2.45, 2.75) is 12.6 Å². The molecule has 2 nitrogen and oxygen atoms in total. The highest BCUT2D eigenvalue weighted by Crippen LogP contribution is 2.34. The van der Waals surface area contributed by atoms with Crippen LogP contribution in [-0.2, 0) is 17.4 Å². The molecule has 0 aromatic heterocycles. The van der Waals surface area contributed by atoms with E-state index in [4.69, 9.17) is 5.11 Å². The van der Waals surface area contributed by atoms with Crippen molar-refractivity contribution in [3.8, 4) is 11.1 Å². The molecule has 2 aromatic rings. The number of carboxylic acids is 1. The van der Waals surface area contributed by atoms with Crippen molar-refractivity contribution in [3.63, 3.8) is 0 Å². The second-order valence-electron chi connectivity index (χ2n) is 4.45. The lowest BCUT2D eigenvalue weighted by Crippen LogP contribution is -2.12. The van der Waals surface area contributed by atoms with Crippen molar-refractivity contribution >= 4 is 5.97 Å². The molecule has 0 fully saturated rings. The van der Waals surface area contributed by atoms with Gasteiger partial charge in [-0.05, 0) is 41.0 Å². The van der Waals surface area contributed by atoms with E-state index in [0.29, 0.717) is 11.1 Å². The van der Waals surface area contributed by atoms with Crippen LogP contribution in [0.5, 0.6) is 0 Å². The zero-order valence-electron chi connectivity index (χ0n) is 10.6. The lowest BCUT2D eigenvalue weighted by atomic mass is 9.97. The van der Waals surface area contributed by atoms with Crippen LogP contribution < -0.4 is 0 Å². The Morgan fingerprint density at radius 2 is 1.57 bits per heavy atom. The van der Waals surface area contributed by atoms with Gasteiger partial charge in [0.15, 0.2) is 0 Å². The summed E-state index contributed by atoms with van der Waals surface area (Å²) >= 11 is 0. The number of carbonyl (C=O) groups is 1. The van der Waals surface area contributed by atoms with Gasteiger partial charge in [-0.15, -0.1) is 0 Å². The van der Waals surface area contributed by atoms with Gasteiger partial charge in [-0.2, -0.15) is 13.2 Å². The van der Waals surface area contributed by atoms with E-state index >= 15 is 0 Å². The summed E-state index contributed by atoms with van der Waals surface area (Å²) in [6.45, 7) is 0. The van der Waals surface area contributed by atoms with Crippen molar-refractivity contribution in [2.75, 3.05) is 0 Å². The van der Waals surface area contributed by atoms with Crippen molar-refractivity contribution < 1.29 is 27.5 Å². The lowest BCUT2D eigenvalue weighted by molar-refractivity contribution is -0.139. The molecule has 0 aliphatic heterocycles. The molecule has 0 radical (unpaired) electrons. The average molecular weight is 298 g/mol. The van der Waals surface area contributed by atoms with Gasteiger partial charge >= 0.3 is 12.1 Å². The Kier molecular flexibility index (Phi) is 3.97. The lowest BCUT2D eigenvalue weighted by Gasteiger charge is -2.13. The predicted octanol–water partition coefficient (Wildman–Crippen LogP) is 4.14. The van der Waals surface area contributed by atoms with Gasteiger partial charge in [0.05, 0.1) is 12.0 Å². The fraction of sp³-hybridized carbons (Fsp3) is 0.133. The summed E-state index contributed by atoms with van der Waals surface area (Å²) < 4.78 is 51.4. The van der Waals surface area contributed by atoms with E-state index in [-0.39, 0.29) is 5.56 Å². The fourth-order valence-corrected chi connectivity index (χ4v) is 2.00. The molecule has 1 N–H and O–H groups in total. The molecule has 0 atom stereocenters. The van der Waals surface area contributed by atoms with Crippen molar-refractivity contribution in [1.82, 2.24) is 0 Å². The molecule has 0 spiro atoms. The van der Waals surface area contributed by atoms with Crippen LogP contribution in [0.15, 0.2) is 42.5 Å². The van der Waals surface area contributed by atoms with Crippen LogP contribution in [0.2, 0.25) is 0 Å². The van der Waals surface area contributed by atoms with Crippen molar-refractivity contribution in [1.29, 1.82) is 0 Å². The maximum atomic E-state index is 12.8. The quantitative estimate of drug-likeness (QED) is 0.865. The molecule has 0 unspecified atom stereocenters. The van der Waals surface area contributed by atoms with Crippen LogP contribution in [-0.4, -0.2) is 11.1 Å². The van der Waals surface area contributed by atoms with E-state index in [2.05, 4.69) is 0 Å². The summed E-state index contributed by atoms with van der Waals surface area (Å²) in [6, 6.07) is 8.46. The molecule has 0 saturated heterocycles. The second-order valence-corrected chi connectivity index (χ2v) is 4.45. The van der Waals surface area contributed by atoms with Gasteiger partial charge in [0.1, 0.15) is 5.82 Å². The number of alkyl halides is 3. The first kappa shape index (κ1) is 15.0. The summed E-state index contributed by atoms with van der Waals surface area (Å²) in [6.07, 6.45) is -5.35. The SMILES string of the molecule is O=C(O)Cc1cc(-c2ccc(F)cc2)ccc1C(F)(F)F. The Morgan fingerprint density at radius 1 is 1.00 bits per heavy atom. The maximum Gasteiger partial charge on any atom is 0.416 e. The van der Waals surface area contributed by atoms with Crippen LogP contribution >= 0.6 is 0 Å². The number of benzene rings is 2. The van der Waals surface area contributed by atoms with Crippen LogP contribution in [0.4, 0.5) is 17.6 Å². The highest BCUT2D eigenvalue weighted by molar-refractivity contribution is 5.73. The molecule has 21 heavy (non-hydrogen) atoms. The van der Waals surface area contributed by atoms with Crippen LogP contribution in [0, 0.1) is 5.82 Å². The topological polar surface area (TPSA) is 37.3 Å². The molecule has 0 aliphatic rings. The van der Waals surface area contributed by atoms with Gasteiger partial charge in [-0.25, -0.2) is 4.39 Å². The maximum absolute atomic E-state index is 12.8. The Labute approximate surface area is 117 Å². The second kappa shape index (κ2) is 5.55.